The molecule has 0 atom stereocenters. The maximum absolute atomic E-state index is 12.2. The predicted molar refractivity (Wildman–Crippen MR) is 76.3 cm³/mol. The van der Waals surface area contributed by atoms with Gasteiger partial charge >= 0.3 is 0 Å². The number of nitrogens with zero attached hydrogens (tertiary/aromatic N) is 3. The Bertz CT molecular complexity index is 759. The molecule has 2 aromatic heterocycles. The van der Waals surface area contributed by atoms with Gasteiger partial charge in [-0.15, -0.1) is 0 Å². The Kier molecular flexibility index (Phi) is 4.43. The Labute approximate surface area is 126 Å². The molecule has 2 rings (SSSR count). The minimum Gasteiger partial charge on any atom is -0.358 e. The lowest BCUT2D eigenvalue weighted by Gasteiger charge is -2.06. The van der Waals surface area contributed by atoms with Gasteiger partial charge in [-0.2, -0.15) is 5.10 Å². The van der Waals surface area contributed by atoms with Gasteiger partial charge in [0.15, 0.2) is 0 Å². The van der Waals surface area contributed by atoms with Crippen LogP contribution in [0.15, 0.2) is 35.7 Å². The summed E-state index contributed by atoms with van der Waals surface area (Å²) in [6.45, 7) is -0.00806. The Morgan fingerprint density at radius 2 is 2.19 bits per heavy atom. The van der Waals surface area contributed by atoms with E-state index in [1.54, 1.807) is 0 Å². The number of amides is 1. The molecule has 0 saturated carbocycles. The Hall–Kier alpha value is -2.13. The van der Waals surface area contributed by atoms with Crippen molar-refractivity contribution in [2.24, 2.45) is 0 Å². The van der Waals surface area contributed by atoms with Gasteiger partial charge in [-0.1, -0.05) is 11.6 Å². The summed E-state index contributed by atoms with van der Waals surface area (Å²) in [7, 11) is -2.36. The fourth-order valence-electron chi connectivity index (χ4n) is 1.50. The van der Waals surface area contributed by atoms with E-state index >= 15 is 0 Å². The number of likely N-dealkylation sites (N-methyl/N-ethyl adjacent to an activating group) is 1. The highest BCUT2D eigenvalue weighted by Crippen LogP contribution is 2.22. The summed E-state index contributed by atoms with van der Waals surface area (Å²) in [5, 5.41) is 6.39. The summed E-state index contributed by atoms with van der Waals surface area (Å²) in [5.41, 5.74) is 0.221. The van der Waals surface area contributed by atoms with Crippen LogP contribution in [-0.2, 0) is 21.4 Å². The van der Waals surface area contributed by atoms with Gasteiger partial charge < -0.3 is 5.32 Å². The number of halogens is 1. The molecule has 0 bridgehead atoms. The van der Waals surface area contributed by atoms with Crippen molar-refractivity contribution in [2.75, 3.05) is 11.8 Å². The summed E-state index contributed by atoms with van der Waals surface area (Å²) < 4.78 is 27.9. The number of carbonyl (C=O) groups excluding carboxylic acids is 1. The van der Waals surface area contributed by atoms with Crippen LogP contribution in [0.1, 0.15) is 0 Å². The molecule has 0 aliphatic heterocycles. The summed E-state index contributed by atoms with van der Waals surface area (Å²) >= 11 is 5.83. The van der Waals surface area contributed by atoms with Crippen molar-refractivity contribution < 1.29 is 13.2 Å². The summed E-state index contributed by atoms with van der Waals surface area (Å²) in [6, 6.07) is 1.38. The van der Waals surface area contributed by atoms with Crippen LogP contribution < -0.4 is 10.0 Å². The molecule has 0 radical (unpaired) electrons. The van der Waals surface area contributed by atoms with Crippen molar-refractivity contribution >= 4 is 33.2 Å². The van der Waals surface area contributed by atoms with Crippen LogP contribution in [0, 0.1) is 0 Å². The van der Waals surface area contributed by atoms with Gasteiger partial charge in [0.1, 0.15) is 11.4 Å². The first-order valence-electron chi connectivity index (χ1n) is 5.78. The van der Waals surface area contributed by atoms with Crippen LogP contribution in [0.4, 0.5) is 5.69 Å². The fraction of sp³-hybridized carbons (Fsp3) is 0.182. The van der Waals surface area contributed by atoms with Crippen LogP contribution >= 0.6 is 11.6 Å². The maximum Gasteiger partial charge on any atom is 0.265 e. The van der Waals surface area contributed by atoms with Crippen LogP contribution in [0.2, 0.25) is 5.02 Å². The molecule has 0 aromatic carbocycles. The Morgan fingerprint density at radius 1 is 1.43 bits per heavy atom. The van der Waals surface area contributed by atoms with E-state index in [2.05, 4.69) is 20.1 Å². The van der Waals surface area contributed by atoms with Crippen LogP contribution in [0.5, 0.6) is 0 Å². The lowest BCUT2D eigenvalue weighted by atomic mass is 10.5. The molecule has 8 nitrogen and oxygen atoms in total. The van der Waals surface area contributed by atoms with E-state index in [1.807, 2.05) is 0 Å². The number of rotatable bonds is 5. The average molecular weight is 330 g/mol. The van der Waals surface area contributed by atoms with Gasteiger partial charge in [-0.3, -0.25) is 19.2 Å². The van der Waals surface area contributed by atoms with E-state index in [-0.39, 0.29) is 28.1 Å². The van der Waals surface area contributed by atoms with E-state index in [1.165, 1.54) is 36.4 Å². The molecule has 2 heterocycles. The van der Waals surface area contributed by atoms with Gasteiger partial charge in [0.25, 0.3) is 10.0 Å². The van der Waals surface area contributed by atoms with Gasteiger partial charge in [0, 0.05) is 25.6 Å². The third-order valence-electron chi connectivity index (χ3n) is 2.49. The maximum atomic E-state index is 12.2. The fourth-order valence-corrected chi connectivity index (χ4v) is 2.96. The SMILES string of the molecule is CNC(=O)Cn1cc(NS(=O)(=O)c2cnccc2Cl)cn1. The van der Waals surface area contributed by atoms with Crippen molar-refractivity contribution in [2.45, 2.75) is 11.4 Å². The standard InChI is InChI=1S/C11H12ClN5O3S/c1-13-11(18)7-17-6-8(4-15-17)16-21(19,20)10-5-14-3-2-9(10)12/h2-6,16H,7H2,1H3,(H,13,18). The van der Waals surface area contributed by atoms with Crippen LogP contribution in [-0.4, -0.2) is 36.1 Å². The monoisotopic (exact) mass is 329 g/mol. The van der Waals surface area contributed by atoms with Gasteiger partial charge in [0.2, 0.25) is 5.91 Å². The normalized spacial score (nSPS) is 11.1. The first-order chi connectivity index (χ1) is 9.92. The zero-order valence-electron chi connectivity index (χ0n) is 10.9. The molecule has 0 unspecified atom stereocenters. The highest BCUT2D eigenvalue weighted by Gasteiger charge is 2.19. The van der Waals surface area contributed by atoms with Crippen LogP contribution in [0.25, 0.3) is 0 Å². The van der Waals surface area contributed by atoms with Crippen molar-refractivity contribution in [3.63, 3.8) is 0 Å². The van der Waals surface area contributed by atoms with E-state index in [0.29, 0.717) is 0 Å². The molecule has 21 heavy (non-hydrogen) atoms. The molecule has 1 amide bonds. The molecule has 0 saturated heterocycles. The van der Waals surface area contributed by atoms with E-state index in [4.69, 9.17) is 11.6 Å². The number of aromatic nitrogens is 3. The van der Waals surface area contributed by atoms with Crippen molar-refractivity contribution in [3.8, 4) is 0 Å². The summed E-state index contributed by atoms with van der Waals surface area (Å²) in [6.07, 6.45) is 5.24. The van der Waals surface area contributed by atoms with Gasteiger partial charge in [0.05, 0.1) is 16.9 Å². The Morgan fingerprint density at radius 3 is 2.86 bits per heavy atom. The first-order valence-corrected chi connectivity index (χ1v) is 7.64. The second-order valence-electron chi connectivity index (χ2n) is 4.01. The quantitative estimate of drug-likeness (QED) is 0.829. The minimum atomic E-state index is -3.86. The minimum absolute atomic E-state index is 0.00806. The molecule has 0 spiro atoms. The lowest BCUT2D eigenvalue weighted by Crippen LogP contribution is -2.23. The number of anilines is 1. The average Bonchev–Trinajstić information content (AvgIpc) is 2.85. The number of sulfonamides is 1. The Balaban J connectivity index is 2.18. The zero-order valence-corrected chi connectivity index (χ0v) is 12.5. The molecule has 10 heteroatoms. The smallest absolute Gasteiger partial charge is 0.265 e. The number of pyridine rings is 1. The molecule has 2 N–H and O–H groups in total. The molecule has 112 valence electrons. The van der Waals surface area contributed by atoms with E-state index in [0.717, 1.165) is 6.20 Å². The number of hydrogen-bond donors (Lipinski definition) is 2. The topological polar surface area (TPSA) is 106 Å². The molecule has 0 aliphatic rings. The van der Waals surface area contributed by atoms with Crippen molar-refractivity contribution in [3.05, 3.63) is 35.9 Å². The number of hydrogen-bond acceptors (Lipinski definition) is 5. The molecular formula is C11H12ClN5O3S. The summed E-state index contributed by atoms with van der Waals surface area (Å²) in [5.74, 6) is -0.247. The van der Waals surface area contributed by atoms with E-state index < -0.39 is 10.0 Å². The molecule has 2 aromatic rings. The second-order valence-corrected chi connectivity index (χ2v) is 6.07. The molecular weight excluding hydrogens is 318 g/mol. The first kappa shape index (κ1) is 15.3. The highest BCUT2D eigenvalue weighted by molar-refractivity contribution is 7.92. The number of nitrogens with one attached hydrogen (secondary N) is 2. The third-order valence-corrected chi connectivity index (χ3v) is 4.34. The third kappa shape index (κ3) is 3.70. The largest absolute Gasteiger partial charge is 0.358 e. The molecule has 0 aliphatic carbocycles. The lowest BCUT2D eigenvalue weighted by molar-refractivity contribution is -0.121. The summed E-state index contributed by atoms with van der Waals surface area (Å²) in [4.78, 5) is 14.8. The second kappa shape index (κ2) is 6.10. The highest BCUT2D eigenvalue weighted by atomic mass is 35.5. The molecule has 0 fully saturated rings. The zero-order chi connectivity index (χ0) is 15.5. The van der Waals surface area contributed by atoms with Gasteiger partial charge in [-0.25, -0.2) is 8.42 Å². The number of carbonyl (C=O) groups is 1. The predicted octanol–water partition coefficient (Wildman–Crippen LogP) is 0.478. The van der Waals surface area contributed by atoms with Crippen LogP contribution in [0.3, 0.4) is 0 Å². The van der Waals surface area contributed by atoms with E-state index in [9.17, 15) is 13.2 Å². The van der Waals surface area contributed by atoms with Crippen molar-refractivity contribution in [1.29, 1.82) is 0 Å². The van der Waals surface area contributed by atoms with Gasteiger partial charge in [-0.05, 0) is 6.07 Å². The van der Waals surface area contributed by atoms with Crippen molar-refractivity contribution in [1.82, 2.24) is 20.1 Å².